The predicted octanol–water partition coefficient (Wildman–Crippen LogP) is 3.41. The quantitative estimate of drug-likeness (QED) is 0.927. The van der Waals surface area contributed by atoms with Crippen molar-refractivity contribution in [1.82, 2.24) is 9.78 Å². The van der Waals surface area contributed by atoms with E-state index in [0.29, 0.717) is 18.0 Å². The van der Waals surface area contributed by atoms with E-state index in [0.717, 1.165) is 5.69 Å². The first kappa shape index (κ1) is 13.3. The smallest absolute Gasteiger partial charge is 0.123 e. The van der Waals surface area contributed by atoms with Gasteiger partial charge in [-0.05, 0) is 36.6 Å². The summed E-state index contributed by atoms with van der Waals surface area (Å²) in [4.78, 5) is 0. The minimum absolute atomic E-state index is 0.321. The first-order valence-corrected chi connectivity index (χ1v) is 7.20. The molecular weight excluding hydrogens is 255 g/mol. The lowest BCUT2D eigenvalue weighted by Gasteiger charge is -2.11. The molecule has 0 amide bonds. The molecule has 1 aliphatic rings. The number of rotatable bonds is 4. The minimum Gasteiger partial charge on any atom is -0.388 e. The molecular formula is C16H19FN2O. The average molecular weight is 274 g/mol. The Morgan fingerprint density at radius 3 is 2.85 bits per heavy atom. The van der Waals surface area contributed by atoms with E-state index in [-0.39, 0.29) is 5.82 Å². The van der Waals surface area contributed by atoms with Crippen LogP contribution in [-0.2, 0) is 6.42 Å². The van der Waals surface area contributed by atoms with Gasteiger partial charge in [0.1, 0.15) is 5.82 Å². The standard InChI is InChI=1S/C16H19FN2O/c17-13-5-3-4-12(10-13)16(20)11-14-8-9-19(18-14)15-6-1-2-7-15/h3-5,8-10,15-16,20H,1-2,6-7,11H2. The van der Waals surface area contributed by atoms with E-state index < -0.39 is 6.10 Å². The molecule has 1 atom stereocenters. The zero-order valence-electron chi connectivity index (χ0n) is 11.4. The van der Waals surface area contributed by atoms with E-state index in [9.17, 15) is 9.50 Å². The normalized spacial score (nSPS) is 17.5. The molecule has 1 heterocycles. The van der Waals surface area contributed by atoms with Crippen molar-refractivity contribution in [2.75, 3.05) is 0 Å². The van der Waals surface area contributed by atoms with Crippen LogP contribution in [0.3, 0.4) is 0 Å². The van der Waals surface area contributed by atoms with Crippen molar-refractivity contribution in [2.24, 2.45) is 0 Å². The van der Waals surface area contributed by atoms with Gasteiger partial charge in [-0.1, -0.05) is 25.0 Å². The molecule has 4 heteroatoms. The molecule has 1 saturated carbocycles. The van der Waals surface area contributed by atoms with Crippen molar-refractivity contribution in [1.29, 1.82) is 0 Å². The van der Waals surface area contributed by atoms with Crippen LogP contribution < -0.4 is 0 Å². The van der Waals surface area contributed by atoms with Crippen molar-refractivity contribution < 1.29 is 9.50 Å². The number of nitrogens with zero attached hydrogens (tertiary/aromatic N) is 2. The third-order valence-corrected chi connectivity index (χ3v) is 4.00. The van der Waals surface area contributed by atoms with Crippen LogP contribution in [0.5, 0.6) is 0 Å². The summed E-state index contributed by atoms with van der Waals surface area (Å²) < 4.78 is 15.2. The first-order chi connectivity index (χ1) is 9.72. The number of halogens is 1. The van der Waals surface area contributed by atoms with Gasteiger partial charge in [0.15, 0.2) is 0 Å². The fraction of sp³-hybridized carbons (Fsp3) is 0.438. The Morgan fingerprint density at radius 1 is 1.30 bits per heavy atom. The van der Waals surface area contributed by atoms with Gasteiger partial charge in [-0.2, -0.15) is 5.10 Å². The van der Waals surface area contributed by atoms with Crippen molar-refractivity contribution in [3.05, 3.63) is 53.6 Å². The second-order valence-electron chi connectivity index (χ2n) is 5.50. The van der Waals surface area contributed by atoms with Gasteiger partial charge in [0.25, 0.3) is 0 Å². The van der Waals surface area contributed by atoms with Crippen LogP contribution in [0.25, 0.3) is 0 Å². The maximum Gasteiger partial charge on any atom is 0.123 e. The Bertz CT molecular complexity index is 575. The SMILES string of the molecule is OC(Cc1ccn(C2CCCC2)n1)c1cccc(F)c1. The third kappa shape index (κ3) is 2.90. The highest BCUT2D eigenvalue weighted by molar-refractivity contribution is 5.20. The van der Waals surface area contributed by atoms with Gasteiger partial charge < -0.3 is 5.11 Å². The minimum atomic E-state index is -0.711. The summed E-state index contributed by atoms with van der Waals surface area (Å²) in [6, 6.07) is 8.56. The van der Waals surface area contributed by atoms with Gasteiger partial charge in [0.05, 0.1) is 17.8 Å². The molecule has 1 fully saturated rings. The van der Waals surface area contributed by atoms with Crippen LogP contribution in [0.2, 0.25) is 0 Å². The van der Waals surface area contributed by atoms with E-state index >= 15 is 0 Å². The Labute approximate surface area is 118 Å². The monoisotopic (exact) mass is 274 g/mol. The fourth-order valence-electron chi connectivity index (χ4n) is 2.89. The molecule has 1 unspecified atom stereocenters. The summed E-state index contributed by atoms with van der Waals surface area (Å²) in [5.74, 6) is -0.321. The van der Waals surface area contributed by atoms with Crippen molar-refractivity contribution in [3.63, 3.8) is 0 Å². The van der Waals surface area contributed by atoms with Crippen molar-refractivity contribution >= 4 is 0 Å². The Hall–Kier alpha value is -1.68. The summed E-state index contributed by atoms with van der Waals surface area (Å²) in [7, 11) is 0. The van der Waals surface area contributed by atoms with Crippen LogP contribution in [0, 0.1) is 5.82 Å². The van der Waals surface area contributed by atoms with E-state index in [1.165, 1.54) is 37.8 Å². The number of hydrogen-bond donors (Lipinski definition) is 1. The van der Waals surface area contributed by atoms with Crippen LogP contribution in [0.15, 0.2) is 36.5 Å². The fourth-order valence-corrected chi connectivity index (χ4v) is 2.89. The Balaban J connectivity index is 1.68. The molecule has 0 bridgehead atoms. The summed E-state index contributed by atoms with van der Waals surface area (Å²) in [6.45, 7) is 0. The highest BCUT2D eigenvalue weighted by Crippen LogP contribution is 2.29. The second-order valence-corrected chi connectivity index (χ2v) is 5.50. The Morgan fingerprint density at radius 2 is 2.10 bits per heavy atom. The molecule has 3 rings (SSSR count). The molecule has 3 nitrogen and oxygen atoms in total. The molecule has 1 aromatic heterocycles. The first-order valence-electron chi connectivity index (χ1n) is 7.20. The molecule has 0 radical (unpaired) electrons. The van der Waals surface area contributed by atoms with Crippen molar-refractivity contribution in [3.8, 4) is 0 Å². The third-order valence-electron chi connectivity index (χ3n) is 4.00. The van der Waals surface area contributed by atoms with E-state index in [1.54, 1.807) is 12.1 Å². The van der Waals surface area contributed by atoms with E-state index in [4.69, 9.17) is 0 Å². The molecule has 0 aliphatic heterocycles. The van der Waals surface area contributed by atoms with Crippen LogP contribution in [0.4, 0.5) is 4.39 Å². The maximum atomic E-state index is 13.1. The van der Waals surface area contributed by atoms with Crippen molar-refractivity contribution in [2.45, 2.75) is 44.2 Å². The number of hydrogen-bond acceptors (Lipinski definition) is 2. The largest absolute Gasteiger partial charge is 0.388 e. The van der Waals surface area contributed by atoms with Crippen LogP contribution in [-0.4, -0.2) is 14.9 Å². The molecule has 1 N–H and O–H groups in total. The van der Waals surface area contributed by atoms with Gasteiger partial charge in [0.2, 0.25) is 0 Å². The summed E-state index contributed by atoms with van der Waals surface area (Å²) in [5, 5.41) is 14.7. The lowest BCUT2D eigenvalue weighted by molar-refractivity contribution is 0.176. The highest BCUT2D eigenvalue weighted by Gasteiger charge is 2.18. The molecule has 20 heavy (non-hydrogen) atoms. The lowest BCUT2D eigenvalue weighted by Crippen LogP contribution is -2.07. The molecule has 1 aromatic carbocycles. The van der Waals surface area contributed by atoms with E-state index in [1.807, 2.05) is 16.9 Å². The zero-order valence-corrected chi connectivity index (χ0v) is 11.4. The lowest BCUT2D eigenvalue weighted by atomic mass is 10.1. The molecule has 1 aliphatic carbocycles. The molecule has 0 spiro atoms. The van der Waals surface area contributed by atoms with Gasteiger partial charge in [-0.3, -0.25) is 4.68 Å². The van der Waals surface area contributed by atoms with E-state index in [2.05, 4.69) is 5.10 Å². The summed E-state index contributed by atoms with van der Waals surface area (Å²) >= 11 is 0. The van der Waals surface area contributed by atoms with Crippen LogP contribution >= 0.6 is 0 Å². The highest BCUT2D eigenvalue weighted by atomic mass is 19.1. The molecule has 106 valence electrons. The number of aliphatic hydroxyl groups is 1. The average Bonchev–Trinajstić information content (AvgIpc) is 3.08. The number of benzene rings is 1. The predicted molar refractivity (Wildman–Crippen MR) is 74.8 cm³/mol. The van der Waals surface area contributed by atoms with Gasteiger partial charge in [-0.15, -0.1) is 0 Å². The Kier molecular flexibility index (Phi) is 3.83. The zero-order chi connectivity index (χ0) is 13.9. The van der Waals surface area contributed by atoms with Gasteiger partial charge in [0, 0.05) is 12.6 Å². The van der Waals surface area contributed by atoms with Crippen LogP contribution in [0.1, 0.15) is 49.1 Å². The number of aliphatic hydroxyl groups excluding tert-OH is 1. The summed E-state index contributed by atoms with van der Waals surface area (Å²) in [5.41, 5.74) is 1.45. The number of aromatic nitrogens is 2. The van der Waals surface area contributed by atoms with Gasteiger partial charge >= 0.3 is 0 Å². The maximum absolute atomic E-state index is 13.1. The molecule has 0 saturated heterocycles. The summed E-state index contributed by atoms with van der Waals surface area (Å²) in [6.07, 6.45) is 6.61. The topological polar surface area (TPSA) is 38.0 Å². The second kappa shape index (κ2) is 5.75. The van der Waals surface area contributed by atoms with Gasteiger partial charge in [-0.25, -0.2) is 4.39 Å². The molecule has 2 aromatic rings.